The van der Waals surface area contributed by atoms with Gasteiger partial charge in [0.1, 0.15) is 16.5 Å². The van der Waals surface area contributed by atoms with E-state index in [1.807, 2.05) is 41.7 Å². The number of carbonyl (C=O) groups is 1. The number of nitrogens with zero attached hydrogens (tertiary/aromatic N) is 1. The van der Waals surface area contributed by atoms with Crippen molar-refractivity contribution in [3.63, 3.8) is 0 Å². The van der Waals surface area contributed by atoms with Crippen LogP contribution in [0.1, 0.15) is 35.4 Å². The van der Waals surface area contributed by atoms with Crippen molar-refractivity contribution in [2.24, 2.45) is 0 Å². The molecule has 0 unspecified atom stereocenters. The lowest BCUT2D eigenvalue weighted by molar-refractivity contribution is -0.136. The van der Waals surface area contributed by atoms with Crippen molar-refractivity contribution in [2.75, 3.05) is 13.2 Å². The molecule has 1 aliphatic rings. The highest BCUT2D eigenvalue weighted by Crippen LogP contribution is 2.33. The minimum absolute atomic E-state index is 0.0129. The molecule has 0 aliphatic heterocycles. The van der Waals surface area contributed by atoms with Gasteiger partial charge in [0.05, 0.1) is 25.3 Å². The highest BCUT2D eigenvalue weighted by Gasteiger charge is 2.16. The van der Waals surface area contributed by atoms with E-state index in [4.69, 9.17) is 19.6 Å². The summed E-state index contributed by atoms with van der Waals surface area (Å²) in [4.78, 5) is 20.4. The van der Waals surface area contributed by atoms with Gasteiger partial charge in [0.2, 0.25) is 0 Å². The van der Waals surface area contributed by atoms with Gasteiger partial charge >= 0.3 is 5.97 Å². The van der Waals surface area contributed by atoms with Crippen LogP contribution in [0.25, 0.3) is 21.5 Å². The van der Waals surface area contributed by atoms with Gasteiger partial charge in [-0.05, 0) is 73.7 Å². The second kappa shape index (κ2) is 9.67. The largest absolute Gasteiger partial charge is 0.493 e. The van der Waals surface area contributed by atoms with E-state index in [0.717, 1.165) is 51.4 Å². The molecule has 170 valence electrons. The summed E-state index contributed by atoms with van der Waals surface area (Å²) < 4.78 is 11.7. The zero-order chi connectivity index (χ0) is 22.6. The Morgan fingerprint density at radius 2 is 1.79 bits per heavy atom. The normalized spacial score (nSPS) is 13.1. The molecule has 2 aromatic heterocycles. The Labute approximate surface area is 196 Å². The highest BCUT2D eigenvalue weighted by molar-refractivity contribution is 7.15. The van der Waals surface area contributed by atoms with Crippen molar-refractivity contribution >= 4 is 28.2 Å². The summed E-state index contributed by atoms with van der Waals surface area (Å²) in [6, 6.07) is 13.8. The maximum atomic E-state index is 11.0. The van der Waals surface area contributed by atoms with Gasteiger partial charge in [-0.2, -0.15) is 0 Å². The van der Waals surface area contributed by atoms with Crippen LogP contribution in [-0.4, -0.2) is 34.3 Å². The second-order valence-corrected chi connectivity index (χ2v) is 9.35. The van der Waals surface area contributed by atoms with Gasteiger partial charge in [-0.1, -0.05) is 0 Å². The first-order valence-corrected chi connectivity index (χ1v) is 12.1. The number of thiazole rings is 1. The highest BCUT2D eigenvalue weighted by atomic mass is 32.1. The molecule has 0 atom stereocenters. The number of rotatable bonds is 9. The van der Waals surface area contributed by atoms with Crippen LogP contribution >= 0.6 is 11.3 Å². The second-order valence-electron chi connectivity index (χ2n) is 8.26. The maximum Gasteiger partial charge on any atom is 0.307 e. The number of aromatic nitrogens is 2. The Balaban J connectivity index is 1.10. The summed E-state index contributed by atoms with van der Waals surface area (Å²) in [5.41, 5.74) is 4.10. The molecule has 0 spiro atoms. The number of hydrogen-bond acceptors (Lipinski definition) is 5. The first-order valence-electron chi connectivity index (χ1n) is 11.3. The number of ether oxygens (including phenoxy) is 2. The predicted octanol–water partition coefficient (Wildman–Crippen LogP) is 5.65. The monoisotopic (exact) mass is 462 g/mol. The number of hydrogen-bond donors (Lipinski definition) is 2. The van der Waals surface area contributed by atoms with Gasteiger partial charge in [-0.15, -0.1) is 11.3 Å². The molecule has 7 heteroatoms. The molecule has 1 aliphatic carbocycles. The molecule has 6 nitrogen and oxygen atoms in total. The first kappa shape index (κ1) is 21.5. The molecular weight excluding hydrogens is 436 g/mol. The Hall–Kier alpha value is -3.32. The molecule has 2 aromatic carbocycles. The van der Waals surface area contributed by atoms with E-state index in [1.165, 1.54) is 29.8 Å². The van der Waals surface area contributed by atoms with E-state index in [9.17, 15) is 4.79 Å². The van der Waals surface area contributed by atoms with Gasteiger partial charge in [0.15, 0.2) is 0 Å². The van der Waals surface area contributed by atoms with Crippen LogP contribution in [0.5, 0.6) is 11.5 Å². The van der Waals surface area contributed by atoms with E-state index in [1.54, 1.807) is 6.20 Å². The molecule has 0 bridgehead atoms. The third kappa shape index (κ3) is 5.03. The molecule has 4 aromatic rings. The number of aliphatic carboxylic acids is 1. The van der Waals surface area contributed by atoms with E-state index in [2.05, 4.69) is 17.1 Å². The molecule has 0 saturated carbocycles. The summed E-state index contributed by atoms with van der Waals surface area (Å²) in [5.74, 6) is 0.717. The number of H-pyrrole nitrogens is 1. The number of fused-ring (bicyclic) bond motifs is 2. The van der Waals surface area contributed by atoms with Crippen molar-refractivity contribution in [1.82, 2.24) is 9.97 Å². The van der Waals surface area contributed by atoms with Crippen molar-refractivity contribution in [3.05, 3.63) is 64.8 Å². The van der Waals surface area contributed by atoms with E-state index in [-0.39, 0.29) is 6.42 Å². The molecule has 33 heavy (non-hydrogen) atoms. The van der Waals surface area contributed by atoms with Gasteiger partial charge in [-0.3, -0.25) is 4.79 Å². The van der Waals surface area contributed by atoms with Crippen molar-refractivity contribution in [2.45, 2.75) is 38.5 Å². The zero-order valence-corrected chi connectivity index (χ0v) is 19.1. The quantitative estimate of drug-likeness (QED) is 0.314. The van der Waals surface area contributed by atoms with Crippen molar-refractivity contribution in [1.29, 1.82) is 0 Å². The van der Waals surface area contributed by atoms with E-state index >= 15 is 0 Å². The Morgan fingerprint density at radius 1 is 1.03 bits per heavy atom. The van der Waals surface area contributed by atoms with E-state index < -0.39 is 5.97 Å². The summed E-state index contributed by atoms with van der Waals surface area (Å²) in [6.45, 7) is 1.08. The van der Waals surface area contributed by atoms with Gasteiger partial charge in [0, 0.05) is 34.0 Å². The third-order valence-electron chi connectivity index (χ3n) is 5.85. The molecule has 0 radical (unpaired) electrons. The summed E-state index contributed by atoms with van der Waals surface area (Å²) >= 11 is 1.82. The first-order chi connectivity index (χ1) is 16.2. The fourth-order valence-electron chi connectivity index (χ4n) is 4.16. The molecule has 0 saturated heterocycles. The van der Waals surface area contributed by atoms with Gasteiger partial charge in [0.25, 0.3) is 0 Å². The SMILES string of the molecule is O=C(O)Cc1c[nH]c2ccc(OCCCOc3ccc(-c4nc5c(s4)CCCC5)cc3)cc12. The lowest BCUT2D eigenvalue weighted by Gasteiger charge is -2.09. The fourth-order valence-corrected chi connectivity index (χ4v) is 5.32. The number of carboxylic acid groups (broad SMARTS) is 1. The van der Waals surface area contributed by atoms with Gasteiger partial charge < -0.3 is 19.6 Å². The average molecular weight is 463 g/mol. The summed E-state index contributed by atoms with van der Waals surface area (Å²) in [7, 11) is 0. The van der Waals surface area contributed by atoms with Gasteiger partial charge in [-0.25, -0.2) is 4.98 Å². The Morgan fingerprint density at radius 3 is 2.58 bits per heavy atom. The zero-order valence-electron chi connectivity index (χ0n) is 18.3. The average Bonchev–Trinajstić information content (AvgIpc) is 3.43. The number of carboxylic acids is 1. The van der Waals surface area contributed by atoms with Crippen molar-refractivity contribution < 1.29 is 19.4 Å². The number of aryl methyl sites for hydroxylation is 2. The van der Waals surface area contributed by atoms with Crippen LogP contribution in [0.15, 0.2) is 48.7 Å². The van der Waals surface area contributed by atoms with Crippen LogP contribution in [0.2, 0.25) is 0 Å². The lowest BCUT2D eigenvalue weighted by atomic mass is 10.0. The molecule has 0 amide bonds. The Bertz CT molecular complexity index is 1240. The van der Waals surface area contributed by atoms with Crippen molar-refractivity contribution in [3.8, 4) is 22.1 Å². The Kier molecular flexibility index (Phi) is 6.30. The lowest BCUT2D eigenvalue weighted by Crippen LogP contribution is -2.05. The molecule has 0 fully saturated rings. The van der Waals surface area contributed by atoms with Crippen LogP contribution in [-0.2, 0) is 24.1 Å². The van der Waals surface area contributed by atoms with Crippen LogP contribution < -0.4 is 9.47 Å². The number of benzene rings is 2. The van der Waals surface area contributed by atoms with Crippen LogP contribution in [0.4, 0.5) is 0 Å². The number of aromatic amines is 1. The third-order valence-corrected chi connectivity index (χ3v) is 7.06. The minimum atomic E-state index is -0.849. The number of nitrogens with one attached hydrogen (secondary N) is 1. The molecule has 2 N–H and O–H groups in total. The molecule has 2 heterocycles. The molecular formula is C26H26N2O4S. The van der Waals surface area contributed by atoms with E-state index in [0.29, 0.717) is 13.2 Å². The fraction of sp³-hybridized carbons (Fsp3) is 0.308. The minimum Gasteiger partial charge on any atom is -0.493 e. The summed E-state index contributed by atoms with van der Waals surface area (Å²) in [5, 5.41) is 11.0. The van der Waals surface area contributed by atoms with Crippen LogP contribution in [0, 0.1) is 0 Å². The summed E-state index contributed by atoms with van der Waals surface area (Å²) in [6.07, 6.45) is 7.27. The topological polar surface area (TPSA) is 84.4 Å². The predicted molar refractivity (Wildman–Crippen MR) is 129 cm³/mol. The molecule has 5 rings (SSSR count). The standard InChI is InChI=1S/C26H26N2O4S/c29-25(30)14-18-16-27-22-11-10-20(15-21(18)22)32-13-3-12-31-19-8-6-17(7-9-19)26-28-23-4-1-2-5-24(23)33-26/h6-11,15-16,27H,1-5,12-14H2,(H,29,30). The maximum absolute atomic E-state index is 11.0. The van der Waals surface area contributed by atoms with Crippen LogP contribution in [0.3, 0.4) is 0 Å². The smallest absolute Gasteiger partial charge is 0.307 e.